The lowest BCUT2D eigenvalue weighted by atomic mass is 9.84. The van der Waals surface area contributed by atoms with Crippen LogP contribution in [-0.2, 0) is 14.3 Å². The van der Waals surface area contributed by atoms with Gasteiger partial charge in [-0.2, -0.15) is 0 Å². The number of morpholine rings is 1. The van der Waals surface area contributed by atoms with Crippen molar-refractivity contribution in [2.75, 3.05) is 50.7 Å². The number of rotatable bonds is 6. The fourth-order valence-electron chi connectivity index (χ4n) is 5.07. The van der Waals surface area contributed by atoms with Gasteiger partial charge in [0.15, 0.2) is 0 Å². The van der Waals surface area contributed by atoms with E-state index in [9.17, 15) is 14.7 Å². The molecule has 0 unspecified atom stereocenters. The van der Waals surface area contributed by atoms with Crippen molar-refractivity contribution < 1.29 is 33.6 Å². The number of anilines is 2. The number of amides is 3. The molecule has 10 heteroatoms. The van der Waals surface area contributed by atoms with Gasteiger partial charge in [0.25, 0.3) is 0 Å². The number of methoxy groups -OCH3 is 1. The molecule has 10 nitrogen and oxygen atoms in total. The molecule has 3 N–H and O–H groups in total. The Bertz CT molecular complexity index is 1090. The van der Waals surface area contributed by atoms with Crippen LogP contribution in [-0.4, -0.2) is 80.3 Å². The van der Waals surface area contributed by atoms with Crippen molar-refractivity contribution in [1.29, 1.82) is 0 Å². The summed E-state index contributed by atoms with van der Waals surface area (Å²) in [6.45, 7) is 2.06. The Morgan fingerprint density at radius 2 is 1.81 bits per heavy atom. The van der Waals surface area contributed by atoms with E-state index >= 15 is 0 Å². The van der Waals surface area contributed by atoms with Crippen molar-refractivity contribution in [2.45, 2.75) is 37.1 Å². The number of benzene rings is 2. The average Bonchev–Trinajstić information content (AvgIpc) is 3.27. The van der Waals surface area contributed by atoms with Gasteiger partial charge in [0.1, 0.15) is 23.7 Å². The first-order chi connectivity index (χ1) is 17.5. The molecule has 4 atom stereocenters. The third kappa shape index (κ3) is 5.25. The minimum absolute atomic E-state index is 0.0307. The Morgan fingerprint density at radius 3 is 2.53 bits per heavy atom. The van der Waals surface area contributed by atoms with Crippen molar-refractivity contribution in [3.05, 3.63) is 48.0 Å². The van der Waals surface area contributed by atoms with E-state index in [1.54, 1.807) is 42.3 Å². The number of carbonyl (C=O) groups is 2. The molecule has 0 aromatic heterocycles. The monoisotopic (exact) mass is 497 g/mol. The summed E-state index contributed by atoms with van der Waals surface area (Å²) >= 11 is 0. The summed E-state index contributed by atoms with van der Waals surface area (Å²) in [7, 11) is 1.59. The molecule has 0 radical (unpaired) electrons. The van der Waals surface area contributed by atoms with E-state index in [0.29, 0.717) is 55.6 Å². The fraction of sp³-hybridized carbons (Fsp3) is 0.462. The van der Waals surface area contributed by atoms with Gasteiger partial charge in [0, 0.05) is 35.9 Å². The molecule has 2 aromatic carbocycles. The van der Waals surface area contributed by atoms with Crippen LogP contribution >= 0.6 is 0 Å². The first kappa shape index (κ1) is 24.4. The van der Waals surface area contributed by atoms with E-state index in [1.165, 1.54) is 0 Å². The molecule has 0 bridgehead atoms. The molecule has 3 aliphatic heterocycles. The van der Waals surface area contributed by atoms with Gasteiger partial charge in [0.05, 0.1) is 39.5 Å². The summed E-state index contributed by atoms with van der Waals surface area (Å²) < 4.78 is 22.7. The number of hydrogen-bond acceptors (Lipinski definition) is 7. The van der Waals surface area contributed by atoms with Crippen molar-refractivity contribution >= 4 is 23.3 Å². The smallest absolute Gasteiger partial charge is 0.323 e. The van der Waals surface area contributed by atoms with Gasteiger partial charge in [-0.25, -0.2) is 4.79 Å². The molecule has 2 aromatic rings. The fourth-order valence-corrected chi connectivity index (χ4v) is 5.07. The van der Waals surface area contributed by atoms with Gasteiger partial charge in [-0.05, 0) is 48.9 Å². The summed E-state index contributed by atoms with van der Waals surface area (Å²) in [5.74, 6) is 1.38. The van der Waals surface area contributed by atoms with Crippen LogP contribution in [0.25, 0.3) is 0 Å². The summed E-state index contributed by atoms with van der Waals surface area (Å²) in [5.41, 5.74) is 2.20. The Hall–Kier alpha value is -3.34. The van der Waals surface area contributed by atoms with Crippen molar-refractivity contribution in [3.8, 4) is 11.5 Å². The zero-order valence-electron chi connectivity index (χ0n) is 20.1. The van der Waals surface area contributed by atoms with Crippen LogP contribution in [0.5, 0.6) is 11.5 Å². The number of nitrogens with zero attached hydrogens (tertiary/aromatic N) is 1. The molecule has 3 amide bonds. The second-order valence-electron chi connectivity index (χ2n) is 9.16. The van der Waals surface area contributed by atoms with Gasteiger partial charge >= 0.3 is 6.03 Å². The summed E-state index contributed by atoms with van der Waals surface area (Å²) in [4.78, 5) is 27.1. The third-order valence-electron chi connectivity index (χ3n) is 6.87. The van der Waals surface area contributed by atoms with Gasteiger partial charge in [-0.1, -0.05) is 0 Å². The van der Waals surface area contributed by atoms with Crippen molar-refractivity contribution in [2.24, 2.45) is 0 Å². The largest absolute Gasteiger partial charge is 0.497 e. The standard InChI is InChI=1S/C26H31N3O7/c1-33-18-5-2-16(3-6-18)27-26(32)28-17-4-7-22-20(12-17)21-13-19(35-23(15-30)25(21)36-22)14-24(31)29-8-10-34-11-9-29/h2-7,12,19,21,23,25,30H,8-11,13-15H2,1H3,(H2,27,28,32)/t19-,21+,23-,25-/m0/s1. The molecule has 2 fully saturated rings. The number of ether oxygens (including phenoxy) is 4. The summed E-state index contributed by atoms with van der Waals surface area (Å²) in [6, 6.07) is 12.2. The van der Waals surface area contributed by atoms with E-state index < -0.39 is 6.10 Å². The van der Waals surface area contributed by atoms with Crippen LogP contribution in [0.15, 0.2) is 42.5 Å². The van der Waals surface area contributed by atoms with E-state index in [0.717, 1.165) is 5.56 Å². The second kappa shape index (κ2) is 10.7. The lowest BCUT2D eigenvalue weighted by molar-refractivity contribution is -0.151. The first-order valence-corrected chi connectivity index (χ1v) is 12.2. The highest BCUT2D eigenvalue weighted by Gasteiger charge is 2.46. The van der Waals surface area contributed by atoms with Crippen LogP contribution in [0, 0.1) is 0 Å². The minimum atomic E-state index is -0.534. The SMILES string of the molecule is COc1ccc(NC(=O)Nc2ccc3c(c2)[C@H]2C[C@@H](CC(=O)N4CCOCC4)O[C@@H](CO)[C@H]2O3)cc1. The maximum absolute atomic E-state index is 12.8. The van der Waals surface area contributed by atoms with E-state index in [-0.39, 0.29) is 43.1 Å². The molecule has 0 aliphatic carbocycles. The van der Waals surface area contributed by atoms with Crippen LogP contribution in [0.4, 0.5) is 16.2 Å². The van der Waals surface area contributed by atoms with Crippen LogP contribution in [0.1, 0.15) is 24.3 Å². The van der Waals surface area contributed by atoms with Gasteiger partial charge in [-0.3, -0.25) is 4.79 Å². The second-order valence-corrected chi connectivity index (χ2v) is 9.16. The topological polar surface area (TPSA) is 119 Å². The Balaban J connectivity index is 1.26. The number of hydrogen-bond donors (Lipinski definition) is 3. The predicted octanol–water partition coefficient (Wildman–Crippen LogP) is 2.58. The molecule has 0 spiro atoms. The normalized spacial score (nSPS) is 24.8. The molecule has 3 heterocycles. The molecular weight excluding hydrogens is 466 g/mol. The number of nitrogens with one attached hydrogen (secondary N) is 2. The number of aliphatic hydroxyl groups excluding tert-OH is 1. The summed E-state index contributed by atoms with van der Waals surface area (Å²) in [6.07, 6.45) is -0.372. The third-order valence-corrected chi connectivity index (χ3v) is 6.87. The molecule has 2 saturated heterocycles. The van der Waals surface area contributed by atoms with Crippen molar-refractivity contribution in [1.82, 2.24) is 4.90 Å². The predicted molar refractivity (Wildman–Crippen MR) is 132 cm³/mol. The number of carbonyl (C=O) groups excluding carboxylic acids is 2. The maximum Gasteiger partial charge on any atom is 0.323 e. The molecule has 192 valence electrons. The molecular formula is C26H31N3O7. The number of fused-ring (bicyclic) bond motifs is 3. The Kier molecular flexibility index (Phi) is 7.26. The van der Waals surface area contributed by atoms with Crippen LogP contribution < -0.4 is 20.1 Å². The number of aliphatic hydroxyl groups is 1. The molecule has 36 heavy (non-hydrogen) atoms. The quantitative estimate of drug-likeness (QED) is 0.561. The van der Waals surface area contributed by atoms with E-state index in [1.807, 2.05) is 12.1 Å². The lowest BCUT2D eigenvalue weighted by Crippen LogP contribution is -2.48. The Morgan fingerprint density at radius 1 is 1.08 bits per heavy atom. The highest BCUT2D eigenvalue weighted by molar-refractivity contribution is 5.99. The summed E-state index contributed by atoms with van der Waals surface area (Å²) in [5, 5.41) is 15.6. The minimum Gasteiger partial charge on any atom is -0.497 e. The maximum atomic E-state index is 12.8. The average molecular weight is 498 g/mol. The van der Waals surface area contributed by atoms with Crippen LogP contribution in [0.2, 0.25) is 0 Å². The first-order valence-electron chi connectivity index (χ1n) is 12.2. The van der Waals surface area contributed by atoms with Gasteiger partial charge < -0.3 is 39.6 Å². The lowest BCUT2D eigenvalue weighted by Gasteiger charge is -2.38. The zero-order valence-corrected chi connectivity index (χ0v) is 20.1. The van der Waals surface area contributed by atoms with Crippen LogP contribution in [0.3, 0.4) is 0 Å². The van der Waals surface area contributed by atoms with E-state index in [2.05, 4.69) is 10.6 Å². The number of urea groups is 1. The highest BCUT2D eigenvalue weighted by Crippen LogP contribution is 2.47. The molecule has 3 aliphatic rings. The Labute approximate surface area is 209 Å². The highest BCUT2D eigenvalue weighted by atomic mass is 16.6. The van der Waals surface area contributed by atoms with Gasteiger partial charge in [0.2, 0.25) is 5.91 Å². The van der Waals surface area contributed by atoms with Gasteiger partial charge in [-0.15, -0.1) is 0 Å². The van der Waals surface area contributed by atoms with E-state index in [4.69, 9.17) is 18.9 Å². The van der Waals surface area contributed by atoms with Crippen molar-refractivity contribution in [3.63, 3.8) is 0 Å². The molecule has 5 rings (SSSR count). The molecule has 0 saturated carbocycles. The zero-order chi connectivity index (χ0) is 25.1.